The van der Waals surface area contributed by atoms with E-state index in [0.717, 1.165) is 23.9 Å². The summed E-state index contributed by atoms with van der Waals surface area (Å²) in [7, 11) is 0. The van der Waals surface area contributed by atoms with E-state index in [0.29, 0.717) is 25.0 Å². The molecule has 0 aliphatic carbocycles. The topological polar surface area (TPSA) is 141 Å². The zero-order chi connectivity index (χ0) is 24.2. The lowest BCUT2D eigenvalue weighted by Gasteiger charge is -2.02. The first kappa shape index (κ1) is 22.9. The molecule has 34 heavy (non-hydrogen) atoms. The van der Waals surface area contributed by atoms with Crippen LogP contribution in [0, 0.1) is 26.0 Å². The summed E-state index contributed by atoms with van der Waals surface area (Å²) in [5.41, 5.74) is 3.16. The third-order valence-corrected chi connectivity index (χ3v) is 6.57. The van der Waals surface area contributed by atoms with E-state index < -0.39 is 21.6 Å². The van der Waals surface area contributed by atoms with Crippen molar-refractivity contribution >= 4 is 56.8 Å². The van der Waals surface area contributed by atoms with Crippen LogP contribution in [0.1, 0.15) is 15.9 Å². The van der Waals surface area contributed by atoms with Gasteiger partial charge in [0, 0.05) is 29.3 Å². The molecular weight excluding hydrogens is 485 g/mol. The van der Waals surface area contributed by atoms with E-state index in [9.17, 15) is 29.4 Å². The first-order chi connectivity index (χ1) is 16.3. The summed E-state index contributed by atoms with van der Waals surface area (Å²) in [4.78, 5) is 38.2. The number of amides is 1. The maximum atomic E-state index is 12.9. The number of fused-ring (bicyclic) bond motifs is 1. The lowest BCUT2D eigenvalue weighted by molar-refractivity contribution is -0.387. The highest BCUT2D eigenvalue weighted by molar-refractivity contribution is 8.01. The van der Waals surface area contributed by atoms with Gasteiger partial charge in [-0.25, -0.2) is 14.8 Å². The van der Waals surface area contributed by atoms with Crippen molar-refractivity contribution in [3.63, 3.8) is 0 Å². The van der Waals surface area contributed by atoms with E-state index in [1.54, 1.807) is 6.07 Å². The van der Waals surface area contributed by atoms with Gasteiger partial charge in [0.25, 0.3) is 17.3 Å². The van der Waals surface area contributed by atoms with E-state index in [1.807, 2.05) is 0 Å². The lowest BCUT2D eigenvalue weighted by atomic mass is 10.2. The monoisotopic (exact) mass is 497 g/mol. The quantitative estimate of drug-likeness (QED) is 0.211. The van der Waals surface area contributed by atoms with Crippen LogP contribution < -0.4 is 5.43 Å². The number of carbonyl (C=O) groups excluding carboxylic acids is 1. The number of rotatable bonds is 7. The minimum absolute atomic E-state index is 0.0613. The van der Waals surface area contributed by atoms with Gasteiger partial charge in [-0.1, -0.05) is 17.8 Å². The number of nitrogens with zero attached hydrogens (tertiary/aromatic N) is 4. The SMILES string of the molecule is O=C(N/N=C/c1ccc(Sc2nc3ccc([N+](=O)[O-])cc3s2)c([N+](=O)[O-])c1)c1ccc(F)cc1. The Hall–Kier alpha value is -4.23. The standard InChI is InChI=1S/C21H12FN5O5S2/c22-14-4-2-13(3-5-14)20(28)25-23-11-12-1-8-18(17(9-12)27(31)32)33-21-24-16-7-6-15(26(29)30)10-19(16)34-21/h1-11H,(H,25,28)/b23-11+. The van der Waals surface area contributed by atoms with Gasteiger partial charge in [-0.3, -0.25) is 25.0 Å². The number of nitro benzene ring substituents is 2. The van der Waals surface area contributed by atoms with Crippen LogP contribution >= 0.6 is 23.1 Å². The largest absolute Gasteiger partial charge is 0.283 e. The Balaban J connectivity index is 1.51. The Morgan fingerprint density at radius 3 is 2.53 bits per heavy atom. The predicted molar refractivity (Wildman–Crippen MR) is 125 cm³/mol. The minimum Gasteiger partial charge on any atom is -0.267 e. The summed E-state index contributed by atoms with van der Waals surface area (Å²) in [5, 5.41) is 26.4. The van der Waals surface area contributed by atoms with Crippen molar-refractivity contribution in [2.24, 2.45) is 5.10 Å². The van der Waals surface area contributed by atoms with E-state index in [-0.39, 0.29) is 16.9 Å². The van der Waals surface area contributed by atoms with Gasteiger partial charge in [-0.15, -0.1) is 11.3 Å². The summed E-state index contributed by atoms with van der Waals surface area (Å²) in [6, 6.07) is 13.6. The smallest absolute Gasteiger partial charge is 0.267 e. The molecule has 0 atom stereocenters. The molecule has 4 rings (SSSR count). The van der Waals surface area contributed by atoms with E-state index in [1.165, 1.54) is 60.0 Å². The van der Waals surface area contributed by atoms with Gasteiger partial charge in [-0.05, 0) is 36.4 Å². The average molecular weight is 497 g/mol. The third kappa shape index (κ3) is 5.22. The number of aromatic nitrogens is 1. The molecule has 3 aromatic carbocycles. The lowest BCUT2D eigenvalue weighted by Crippen LogP contribution is -2.17. The molecule has 1 amide bonds. The Morgan fingerprint density at radius 1 is 1.06 bits per heavy atom. The first-order valence-corrected chi connectivity index (χ1v) is 11.0. The van der Waals surface area contributed by atoms with Crippen molar-refractivity contribution < 1.29 is 19.0 Å². The fourth-order valence-corrected chi connectivity index (χ4v) is 4.96. The number of hydrogen-bond acceptors (Lipinski definition) is 9. The van der Waals surface area contributed by atoms with Gasteiger partial charge in [0.05, 0.1) is 31.2 Å². The fraction of sp³-hybridized carbons (Fsp3) is 0. The molecular formula is C21H12FN5O5S2. The van der Waals surface area contributed by atoms with Crippen LogP contribution in [0.15, 0.2) is 75.0 Å². The Morgan fingerprint density at radius 2 is 1.82 bits per heavy atom. The van der Waals surface area contributed by atoms with Crippen LogP contribution in [0.3, 0.4) is 0 Å². The molecule has 1 aromatic heterocycles. The minimum atomic E-state index is -0.561. The second kappa shape index (κ2) is 9.72. The first-order valence-electron chi connectivity index (χ1n) is 9.40. The molecule has 0 saturated heterocycles. The maximum Gasteiger partial charge on any atom is 0.283 e. The second-order valence-electron chi connectivity index (χ2n) is 6.68. The van der Waals surface area contributed by atoms with Crippen LogP contribution in [0.2, 0.25) is 0 Å². The molecule has 0 aliphatic rings. The van der Waals surface area contributed by atoms with Gasteiger partial charge >= 0.3 is 0 Å². The van der Waals surface area contributed by atoms with Crippen molar-refractivity contribution in [3.05, 3.63) is 97.8 Å². The molecule has 0 saturated carbocycles. The maximum absolute atomic E-state index is 12.9. The van der Waals surface area contributed by atoms with Crippen molar-refractivity contribution in [1.82, 2.24) is 10.4 Å². The molecule has 0 bridgehead atoms. The van der Waals surface area contributed by atoms with Crippen molar-refractivity contribution in [2.75, 3.05) is 0 Å². The highest BCUT2D eigenvalue weighted by Crippen LogP contribution is 2.39. The fourth-order valence-electron chi connectivity index (χ4n) is 2.82. The van der Waals surface area contributed by atoms with Crippen LogP contribution in [-0.2, 0) is 0 Å². The molecule has 170 valence electrons. The molecule has 13 heteroatoms. The number of hydrogen-bond donors (Lipinski definition) is 1. The number of non-ortho nitro benzene ring substituents is 1. The predicted octanol–water partition coefficient (Wildman–Crippen LogP) is 5.17. The Labute approximate surface area is 198 Å². The summed E-state index contributed by atoms with van der Waals surface area (Å²) in [6.45, 7) is 0. The normalized spacial score (nSPS) is 11.1. The number of carbonyl (C=O) groups is 1. The molecule has 10 nitrogen and oxygen atoms in total. The summed E-state index contributed by atoms with van der Waals surface area (Å²) >= 11 is 2.26. The van der Waals surface area contributed by atoms with Gasteiger partial charge in [0.1, 0.15) is 5.82 Å². The van der Waals surface area contributed by atoms with E-state index >= 15 is 0 Å². The molecule has 0 aliphatic heterocycles. The molecule has 1 N–H and O–H groups in total. The summed E-state index contributed by atoms with van der Waals surface area (Å²) < 4.78 is 14.0. The van der Waals surface area contributed by atoms with E-state index in [4.69, 9.17) is 0 Å². The van der Waals surface area contributed by atoms with E-state index in [2.05, 4.69) is 15.5 Å². The highest BCUT2D eigenvalue weighted by Gasteiger charge is 2.18. The van der Waals surface area contributed by atoms with Crippen molar-refractivity contribution in [2.45, 2.75) is 9.24 Å². The molecule has 1 heterocycles. The summed E-state index contributed by atoms with van der Waals surface area (Å²) in [5.74, 6) is -1.04. The van der Waals surface area contributed by atoms with Crippen molar-refractivity contribution in [1.29, 1.82) is 0 Å². The number of halogens is 1. The molecule has 0 radical (unpaired) electrons. The number of benzene rings is 3. The van der Waals surface area contributed by atoms with Crippen LogP contribution in [0.4, 0.5) is 15.8 Å². The Bertz CT molecular complexity index is 1460. The molecule has 0 unspecified atom stereocenters. The average Bonchev–Trinajstić information content (AvgIpc) is 3.21. The van der Waals surface area contributed by atoms with Gasteiger partial charge in [-0.2, -0.15) is 5.10 Å². The van der Waals surface area contributed by atoms with Gasteiger partial charge in [0.2, 0.25) is 0 Å². The zero-order valence-corrected chi connectivity index (χ0v) is 18.5. The number of hydrazone groups is 1. The molecule has 4 aromatic rings. The van der Waals surface area contributed by atoms with Gasteiger partial charge in [0.15, 0.2) is 4.34 Å². The number of thiazole rings is 1. The van der Waals surface area contributed by atoms with Crippen LogP contribution in [0.5, 0.6) is 0 Å². The zero-order valence-electron chi connectivity index (χ0n) is 16.9. The number of nitrogens with one attached hydrogen (secondary N) is 1. The molecule has 0 spiro atoms. The third-order valence-electron chi connectivity index (χ3n) is 4.43. The van der Waals surface area contributed by atoms with Crippen LogP contribution in [-0.4, -0.2) is 27.0 Å². The van der Waals surface area contributed by atoms with Crippen molar-refractivity contribution in [3.8, 4) is 0 Å². The Kier molecular flexibility index (Phi) is 6.56. The highest BCUT2D eigenvalue weighted by atomic mass is 32.2. The van der Waals surface area contributed by atoms with Crippen LogP contribution in [0.25, 0.3) is 10.2 Å². The molecule has 0 fully saturated rings. The summed E-state index contributed by atoms with van der Waals surface area (Å²) in [6.07, 6.45) is 1.25. The second-order valence-corrected chi connectivity index (χ2v) is 9.00. The van der Waals surface area contributed by atoms with Gasteiger partial charge < -0.3 is 0 Å². The number of nitro groups is 2.